The largest absolute Gasteiger partial charge is 0.462 e. The van der Waals surface area contributed by atoms with E-state index in [1.165, 1.54) is 25.9 Å². The van der Waals surface area contributed by atoms with E-state index in [9.17, 15) is 4.79 Å². The standard InChI is InChI=1S/C16H25N3O2/c1-3-21-16(20)13-6-7-15(14(17)12-13)18(2)10-11-19-8-4-5-9-19/h6-7,12H,3-5,8-11,17H2,1-2H3. The zero-order valence-corrected chi connectivity index (χ0v) is 13.0. The van der Waals surface area contributed by atoms with Gasteiger partial charge in [-0.3, -0.25) is 0 Å². The molecule has 0 aliphatic carbocycles. The topological polar surface area (TPSA) is 58.8 Å². The van der Waals surface area contributed by atoms with Crippen molar-refractivity contribution in [3.05, 3.63) is 23.8 Å². The molecule has 1 aliphatic heterocycles. The van der Waals surface area contributed by atoms with E-state index in [4.69, 9.17) is 10.5 Å². The second-order valence-electron chi connectivity index (χ2n) is 5.46. The van der Waals surface area contributed by atoms with Crippen LogP contribution in [0.1, 0.15) is 30.1 Å². The molecule has 1 aliphatic rings. The summed E-state index contributed by atoms with van der Waals surface area (Å²) in [6, 6.07) is 5.36. The maximum absolute atomic E-state index is 11.7. The zero-order valence-electron chi connectivity index (χ0n) is 13.0. The summed E-state index contributed by atoms with van der Waals surface area (Å²) in [6.45, 7) is 6.55. The van der Waals surface area contributed by atoms with Crippen LogP contribution in [0.4, 0.5) is 11.4 Å². The summed E-state index contributed by atoms with van der Waals surface area (Å²) < 4.78 is 4.98. The first-order valence-electron chi connectivity index (χ1n) is 7.62. The number of nitrogens with zero attached hydrogens (tertiary/aromatic N) is 2. The molecule has 21 heavy (non-hydrogen) atoms. The lowest BCUT2D eigenvalue weighted by molar-refractivity contribution is 0.0526. The summed E-state index contributed by atoms with van der Waals surface area (Å²) in [5.74, 6) is -0.324. The van der Waals surface area contributed by atoms with Crippen molar-refractivity contribution < 1.29 is 9.53 Å². The van der Waals surface area contributed by atoms with Crippen molar-refractivity contribution in [2.24, 2.45) is 0 Å². The number of rotatable bonds is 6. The van der Waals surface area contributed by atoms with Crippen LogP contribution in [0.5, 0.6) is 0 Å². The van der Waals surface area contributed by atoms with E-state index < -0.39 is 0 Å². The number of hydrogen-bond donors (Lipinski definition) is 1. The lowest BCUT2D eigenvalue weighted by atomic mass is 10.1. The van der Waals surface area contributed by atoms with Gasteiger partial charge < -0.3 is 20.3 Å². The van der Waals surface area contributed by atoms with Crippen LogP contribution >= 0.6 is 0 Å². The molecule has 0 spiro atoms. The average molecular weight is 291 g/mol. The fourth-order valence-corrected chi connectivity index (χ4v) is 2.66. The van der Waals surface area contributed by atoms with Gasteiger partial charge in [-0.2, -0.15) is 0 Å². The van der Waals surface area contributed by atoms with Crippen LogP contribution in [0.15, 0.2) is 18.2 Å². The number of anilines is 2. The summed E-state index contributed by atoms with van der Waals surface area (Å²) in [7, 11) is 2.03. The van der Waals surface area contributed by atoms with Gasteiger partial charge >= 0.3 is 5.97 Å². The Morgan fingerprint density at radius 1 is 1.38 bits per heavy atom. The van der Waals surface area contributed by atoms with Gasteiger partial charge in [-0.05, 0) is 51.1 Å². The van der Waals surface area contributed by atoms with Crippen molar-refractivity contribution in [2.75, 3.05) is 50.5 Å². The molecule has 0 radical (unpaired) electrons. The Labute approximate surface area is 126 Å². The van der Waals surface area contributed by atoms with Gasteiger partial charge in [0.05, 0.1) is 23.5 Å². The van der Waals surface area contributed by atoms with Crippen molar-refractivity contribution >= 4 is 17.3 Å². The van der Waals surface area contributed by atoms with E-state index in [0.29, 0.717) is 17.9 Å². The van der Waals surface area contributed by atoms with E-state index in [-0.39, 0.29) is 5.97 Å². The fraction of sp³-hybridized carbons (Fsp3) is 0.562. The molecule has 2 N–H and O–H groups in total. The third-order valence-corrected chi connectivity index (χ3v) is 3.90. The number of carbonyl (C=O) groups excluding carboxylic acids is 1. The summed E-state index contributed by atoms with van der Waals surface area (Å²) in [5.41, 5.74) is 8.16. The normalized spacial score (nSPS) is 15.1. The number of benzene rings is 1. The highest BCUT2D eigenvalue weighted by Gasteiger charge is 2.14. The molecule has 2 rings (SSSR count). The second kappa shape index (κ2) is 7.31. The Morgan fingerprint density at radius 2 is 2.10 bits per heavy atom. The maximum atomic E-state index is 11.7. The number of ether oxygens (including phenoxy) is 1. The Balaban J connectivity index is 1.97. The minimum Gasteiger partial charge on any atom is -0.462 e. The van der Waals surface area contributed by atoms with Crippen molar-refractivity contribution in [2.45, 2.75) is 19.8 Å². The van der Waals surface area contributed by atoms with E-state index >= 15 is 0 Å². The predicted molar refractivity (Wildman–Crippen MR) is 85.8 cm³/mol. The van der Waals surface area contributed by atoms with Crippen molar-refractivity contribution in [1.29, 1.82) is 0 Å². The molecule has 0 atom stereocenters. The molecular weight excluding hydrogens is 266 g/mol. The van der Waals surface area contributed by atoms with Crippen LogP contribution in [0, 0.1) is 0 Å². The number of likely N-dealkylation sites (tertiary alicyclic amines) is 1. The van der Waals surface area contributed by atoms with Gasteiger partial charge in [-0.1, -0.05) is 0 Å². The Bertz CT molecular complexity index is 484. The van der Waals surface area contributed by atoms with Crippen LogP contribution in [0.25, 0.3) is 0 Å². The Hall–Kier alpha value is -1.75. The van der Waals surface area contributed by atoms with Crippen LogP contribution in [-0.4, -0.2) is 50.7 Å². The molecule has 1 heterocycles. The van der Waals surface area contributed by atoms with Gasteiger partial charge in [0.15, 0.2) is 0 Å². The van der Waals surface area contributed by atoms with E-state index in [1.54, 1.807) is 19.1 Å². The molecule has 1 aromatic rings. The van der Waals surface area contributed by atoms with Gasteiger partial charge in [0.2, 0.25) is 0 Å². The highest BCUT2D eigenvalue weighted by atomic mass is 16.5. The lowest BCUT2D eigenvalue weighted by Crippen LogP contribution is -2.31. The lowest BCUT2D eigenvalue weighted by Gasteiger charge is -2.24. The first kappa shape index (κ1) is 15.6. The molecule has 0 aromatic heterocycles. The summed E-state index contributed by atoms with van der Waals surface area (Å²) in [4.78, 5) is 16.3. The molecule has 1 saturated heterocycles. The molecule has 1 fully saturated rings. The van der Waals surface area contributed by atoms with Gasteiger partial charge in [-0.15, -0.1) is 0 Å². The number of likely N-dealkylation sites (N-methyl/N-ethyl adjacent to an activating group) is 1. The smallest absolute Gasteiger partial charge is 0.338 e. The highest BCUT2D eigenvalue weighted by Crippen LogP contribution is 2.24. The number of esters is 1. The average Bonchev–Trinajstić information content (AvgIpc) is 2.98. The van der Waals surface area contributed by atoms with Crippen LogP contribution in [-0.2, 0) is 4.74 Å². The number of carbonyl (C=O) groups is 1. The molecule has 5 nitrogen and oxygen atoms in total. The second-order valence-corrected chi connectivity index (χ2v) is 5.46. The molecule has 116 valence electrons. The summed E-state index contributed by atoms with van der Waals surface area (Å²) >= 11 is 0. The van der Waals surface area contributed by atoms with Crippen molar-refractivity contribution in [1.82, 2.24) is 4.90 Å². The molecule has 0 bridgehead atoms. The van der Waals surface area contributed by atoms with Crippen molar-refractivity contribution in [3.63, 3.8) is 0 Å². The number of hydrogen-bond acceptors (Lipinski definition) is 5. The van der Waals surface area contributed by atoms with Crippen LogP contribution < -0.4 is 10.6 Å². The molecular formula is C16H25N3O2. The van der Waals surface area contributed by atoms with Crippen LogP contribution in [0.3, 0.4) is 0 Å². The Morgan fingerprint density at radius 3 is 2.71 bits per heavy atom. The van der Waals surface area contributed by atoms with E-state index in [0.717, 1.165) is 18.8 Å². The molecule has 5 heteroatoms. The quantitative estimate of drug-likeness (QED) is 0.641. The Kier molecular flexibility index (Phi) is 5.44. The minimum atomic E-state index is -0.324. The number of nitrogen functional groups attached to an aromatic ring is 1. The van der Waals surface area contributed by atoms with Gasteiger partial charge in [0.25, 0.3) is 0 Å². The third kappa shape index (κ3) is 4.11. The summed E-state index contributed by atoms with van der Waals surface area (Å²) in [5, 5.41) is 0. The predicted octanol–water partition coefficient (Wildman–Crippen LogP) is 1.98. The maximum Gasteiger partial charge on any atom is 0.338 e. The molecule has 1 aromatic carbocycles. The van der Waals surface area contributed by atoms with Crippen molar-refractivity contribution in [3.8, 4) is 0 Å². The van der Waals surface area contributed by atoms with Gasteiger partial charge in [0, 0.05) is 20.1 Å². The third-order valence-electron chi connectivity index (χ3n) is 3.90. The van der Waals surface area contributed by atoms with Gasteiger partial charge in [0.1, 0.15) is 0 Å². The highest BCUT2D eigenvalue weighted by molar-refractivity contribution is 5.92. The van der Waals surface area contributed by atoms with E-state index in [2.05, 4.69) is 9.80 Å². The fourth-order valence-electron chi connectivity index (χ4n) is 2.66. The molecule has 0 saturated carbocycles. The molecule has 0 unspecified atom stereocenters. The summed E-state index contributed by atoms with van der Waals surface area (Å²) in [6.07, 6.45) is 2.61. The van der Waals surface area contributed by atoms with Gasteiger partial charge in [-0.25, -0.2) is 4.79 Å². The first-order chi connectivity index (χ1) is 10.1. The zero-order chi connectivity index (χ0) is 15.2. The van der Waals surface area contributed by atoms with E-state index in [1.807, 2.05) is 13.1 Å². The van der Waals surface area contributed by atoms with Crippen LogP contribution in [0.2, 0.25) is 0 Å². The minimum absolute atomic E-state index is 0.324. The SMILES string of the molecule is CCOC(=O)c1ccc(N(C)CCN2CCCC2)c(N)c1. The first-order valence-corrected chi connectivity index (χ1v) is 7.62. The number of nitrogens with two attached hydrogens (primary N) is 1. The molecule has 0 amide bonds. The monoisotopic (exact) mass is 291 g/mol.